The van der Waals surface area contributed by atoms with Gasteiger partial charge in [-0.05, 0) is 91.8 Å². The van der Waals surface area contributed by atoms with Crippen LogP contribution in [-0.2, 0) is 22.2 Å². The molecule has 1 aliphatic carbocycles. The summed E-state index contributed by atoms with van der Waals surface area (Å²) in [5, 5.41) is 0.603. The predicted octanol–water partition coefficient (Wildman–Crippen LogP) is 6.98. The van der Waals surface area contributed by atoms with E-state index in [4.69, 9.17) is 16.3 Å². The second-order valence-electron chi connectivity index (χ2n) is 12.0. The maximum Gasteiger partial charge on any atom is 0.265 e. The summed E-state index contributed by atoms with van der Waals surface area (Å²) in [6, 6.07) is 11.8. The molecule has 0 spiro atoms. The summed E-state index contributed by atoms with van der Waals surface area (Å²) in [6.45, 7) is 6.22. The molecule has 0 radical (unpaired) electrons. The van der Waals surface area contributed by atoms with Crippen molar-refractivity contribution in [2.75, 3.05) is 31.6 Å². The van der Waals surface area contributed by atoms with Crippen molar-refractivity contribution in [3.63, 3.8) is 0 Å². The average Bonchev–Trinajstić information content (AvgIpc) is 3.16. The molecular weight excluding hydrogens is 568 g/mol. The fourth-order valence-electron chi connectivity index (χ4n) is 6.82. The predicted molar refractivity (Wildman–Crippen MR) is 171 cm³/mol. The molecule has 3 aliphatic rings. The Bertz CT molecular complexity index is 1350. The van der Waals surface area contributed by atoms with Crippen LogP contribution in [0.25, 0.3) is 0 Å². The van der Waals surface area contributed by atoms with Crippen molar-refractivity contribution in [3.8, 4) is 5.75 Å². The molecule has 2 aromatic rings. The molecule has 0 N–H and O–H groups in total. The minimum atomic E-state index is -1.47. The zero-order chi connectivity index (χ0) is 29.8. The Morgan fingerprint density at radius 3 is 2.64 bits per heavy atom. The van der Waals surface area contributed by atoms with E-state index >= 15 is 0 Å². The minimum absolute atomic E-state index is 0.113. The van der Waals surface area contributed by atoms with Crippen molar-refractivity contribution in [3.05, 3.63) is 70.3 Å². The van der Waals surface area contributed by atoms with E-state index in [2.05, 4.69) is 36.1 Å². The fraction of sp³-hybridized carbons (Fsp3) is 0.529. The van der Waals surface area contributed by atoms with Crippen molar-refractivity contribution in [1.29, 1.82) is 0 Å². The number of hydrogen-bond donors (Lipinski definition) is 0. The molecule has 0 saturated heterocycles. The topological polar surface area (TPSA) is 66.9 Å². The minimum Gasteiger partial charge on any atom is -0.491 e. The van der Waals surface area contributed by atoms with Gasteiger partial charge in [-0.25, -0.2) is 4.21 Å². The highest BCUT2D eigenvalue weighted by Gasteiger charge is 2.38. The van der Waals surface area contributed by atoms with Gasteiger partial charge in [0, 0.05) is 42.6 Å². The summed E-state index contributed by atoms with van der Waals surface area (Å²) in [5.41, 5.74) is 3.89. The molecule has 1 saturated carbocycles. The summed E-state index contributed by atoms with van der Waals surface area (Å²) >= 11 is 6.40. The van der Waals surface area contributed by atoms with Crippen molar-refractivity contribution in [2.24, 2.45) is 17.8 Å². The number of amides is 1. The van der Waals surface area contributed by atoms with Gasteiger partial charge in [-0.1, -0.05) is 50.1 Å². The van der Waals surface area contributed by atoms with E-state index in [0.717, 1.165) is 67.9 Å². The molecule has 2 aliphatic heterocycles. The summed E-state index contributed by atoms with van der Waals surface area (Å²) < 4.78 is 21.3. The lowest BCUT2D eigenvalue weighted by atomic mass is 9.67. The van der Waals surface area contributed by atoms with Gasteiger partial charge in [0.2, 0.25) is 0 Å². The van der Waals surface area contributed by atoms with E-state index < -0.39 is 11.0 Å². The van der Waals surface area contributed by atoms with Gasteiger partial charge in [0.15, 0.2) is 0 Å². The first-order valence-electron chi connectivity index (χ1n) is 15.4. The fourth-order valence-corrected chi connectivity index (χ4v) is 8.35. The number of aryl methyl sites for hydroxylation is 1. The second-order valence-corrected chi connectivity index (χ2v) is 14.2. The molecule has 1 fully saturated rings. The lowest BCUT2D eigenvalue weighted by molar-refractivity contribution is -0.112. The Hall–Kier alpha value is -2.64. The van der Waals surface area contributed by atoms with Gasteiger partial charge in [-0.15, -0.1) is 0 Å². The van der Waals surface area contributed by atoms with Gasteiger partial charge in [0.05, 0.1) is 17.5 Å². The van der Waals surface area contributed by atoms with Gasteiger partial charge in [-0.2, -0.15) is 0 Å². The van der Waals surface area contributed by atoms with E-state index in [1.807, 2.05) is 25.1 Å². The van der Waals surface area contributed by atoms with Crippen molar-refractivity contribution >= 4 is 40.5 Å². The van der Waals surface area contributed by atoms with Crippen LogP contribution in [0, 0.1) is 17.8 Å². The number of fused-ring (bicyclic) bond motifs is 2. The maximum absolute atomic E-state index is 13.6. The molecule has 5 rings (SSSR count). The van der Waals surface area contributed by atoms with Crippen molar-refractivity contribution in [1.82, 2.24) is 4.31 Å². The standard InChI is InChI=1S/C34H43ClN2O4S/c1-4-8-23-17-28(35)13-15-30(23)27-20-37-19-25-11-14-31(25)26(21-38)9-6-7-10-29(5-2)42(40)36(3)34(39)24-12-16-33(41-22-27)32(37)18-24/h6,9,12-13,15-18,21,25-27,29,31H,4-5,7-8,10-11,14,19-20,22H2,1-3H3/b9-6+. The molecule has 1 amide bonds. The number of carbonyl (C=O) groups is 2. The number of halogens is 1. The lowest BCUT2D eigenvalue weighted by Gasteiger charge is -2.43. The normalized spacial score (nSPS) is 29.1. The molecule has 6 atom stereocenters. The highest BCUT2D eigenvalue weighted by molar-refractivity contribution is 7.83. The smallest absolute Gasteiger partial charge is 0.265 e. The number of anilines is 1. The molecular formula is C34H43ClN2O4S. The zero-order valence-corrected chi connectivity index (χ0v) is 26.5. The van der Waals surface area contributed by atoms with Crippen LogP contribution in [0.1, 0.15) is 79.8 Å². The number of rotatable bonds is 5. The number of aldehydes is 1. The van der Waals surface area contributed by atoms with Crippen LogP contribution in [0.4, 0.5) is 5.69 Å². The second kappa shape index (κ2) is 13.8. The number of allylic oxidation sites excluding steroid dienone is 2. The first-order chi connectivity index (χ1) is 20.3. The van der Waals surface area contributed by atoms with Crippen molar-refractivity contribution in [2.45, 2.75) is 70.0 Å². The zero-order valence-electron chi connectivity index (χ0n) is 25.0. The molecule has 8 heteroatoms. The number of nitrogens with zero attached hydrogens (tertiary/aromatic N) is 2. The Morgan fingerprint density at radius 1 is 1.10 bits per heavy atom. The molecule has 0 aromatic heterocycles. The molecule has 2 bridgehead atoms. The third-order valence-electron chi connectivity index (χ3n) is 9.38. The van der Waals surface area contributed by atoms with Crippen LogP contribution in [0.5, 0.6) is 5.75 Å². The Labute approximate surface area is 258 Å². The van der Waals surface area contributed by atoms with Crippen LogP contribution >= 0.6 is 11.6 Å². The van der Waals surface area contributed by atoms with E-state index in [0.29, 0.717) is 30.9 Å². The number of ether oxygens (including phenoxy) is 1. The van der Waals surface area contributed by atoms with Crippen LogP contribution in [0.2, 0.25) is 5.02 Å². The highest BCUT2D eigenvalue weighted by atomic mass is 35.5. The lowest BCUT2D eigenvalue weighted by Crippen LogP contribution is -2.42. The number of hydrogen-bond acceptors (Lipinski definition) is 5. The Morgan fingerprint density at radius 2 is 1.93 bits per heavy atom. The third-order valence-corrected chi connectivity index (χ3v) is 11.5. The first-order valence-corrected chi connectivity index (χ1v) is 17.0. The third kappa shape index (κ3) is 6.47. The molecule has 6 unspecified atom stereocenters. The van der Waals surface area contributed by atoms with Gasteiger partial charge >= 0.3 is 0 Å². The van der Waals surface area contributed by atoms with Crippen LogP contribution in [0.15, 0.2) is 48.6 Å². The van der Waals surface area contributed by atoms with Gasteiger partial charge in [0.25, 0.3) is 5.91 Å². The maximum atomic E-state index is 13.6. The number of benzene rings is 2. The van der Waals surface area contributed by atoms with Gasteiger partial charge in [0.1, 0.15) is 23.0 Å². The summed E-state index contributed by atoms with van der Waals surface area (Å²) in [6.07, 6.45) is 11.4. The summed E-state index contributed by atoms with van der Waals surface area (Å²) in [7, 11) is 0.167. The summed E-state index contributed by atoms with van der Waals surface area (Å²) in [5.74, 6) is 1.14. The van der Waals surface area contributed by atoms with Gasteiger partial charge in [-0.3, -0.25) is 9.10 Å². The van der Waals surface area contributed by atoms with Crippen LogP contribution in [-0.4, -0.2) is 52.7 Å². The van der Waals surface area contributed by atoms with Gasteiger partial charge < -0.3 is 14.4 Å². The van der Waals surface area contributed by atoms with E-state index in [1.54, 1.807) is 13.1 Å². The van der Waals surface area contributed by atoms with E-state index in [9.17, 15) is 13.8 Å². The highest BCUT2D eigenvalue weighted by Crippen LogP contribution is 2.44. The van der Waals surface area contributed by atoms with Crippen molar-refractivity contribution < 1.29 is 18.5 Å². The molecule has 42 heavy (non-hydrogen) atoms. The Balaban J connectivity index is 1.55. The number of carbonyl (C=O) groups excluding carboxylic acids is 2. The SMILES string of the molecule is CCCc1cc(Cl)ccc1C1COc2ccc3cc2N(C1)CC1CCC1C(C=O)/C=C/CCC(CC)S(=O)N(C)C3=O. The molecule has 6 nitrogen and oxygen atoms in total. The summed E-state index contributed by atoms with van der Waals surface area (Å²) in [4.78, 5) is 28.2. The molecule has 2 heterocycles. The largest absolute Gasteiger partial charge is 0.491 e. The first kappa shape index (κ1) is 30.8. The van der Waals surface area contributed by atoms with E-state index in [1.165, 1.54) is 15.4 Å². The Kier molecular flexibility index (Phi) is 10.1. The quantitative estimate of drug-likeness (QED) is 0.270. The van der Waals surface area contributed by atoms with E-state index in [-0.39, 0.29) is 28.9 Å². The van der Waals surface area contributed by atoms with Crippen LogP contribution in [0.3, 0.4) is 0 Å². The monoisotopic (exact) mass is 610 g/mol. The average molecular weight is 611 g/mol. The van der Waals surface area contributed by atoms with Crippen LogP contribution < -0.4 is 9.64 Å². The molecule has 226 valence electrons. The molecule has 2 aromatic carbocycles.